The summed E-state index contributed by atoms with van der Waals surface area (Å²) in [6.07, 6.45) is 12.9. The van der Waals surface area contributed by atoms with Gasteiger partial charge in [0.25, 0.3) is 0 Å². The Morgan fingerprint density at radius 3 is 1.55 bits per heavy atom. The van der Waals surface area contributed by atoms with Gasteiger partial charge in [0, 0.05) is 10.8 Å². The molecule has 0 fully saturated rings. The highest BCUT2D eigenvalue weighted by atomic mass is 32.1. The van der Waals surface area contributed by atoms with Gasteiger partial charge in [0.15, 0.2) is 0 Å². The van der Waals surface area contributed by atoms with E-state index in [0.29, 0.717) is 0 Å². The predicted molar refractivity (Wildman–Crippen MR) is 186 cm³/mol. The number of hydrogen-bond donors (Lipinski definition) is 0. The van der Waals surface area contributed by atoms with Gasteiger partial charge in [0.05, 0.1) is 0 Å². The summed E-state index contributed by atoms with van der Waals surface area (Å²) < 4.78 is 0. The van der Waals surface area contributed by atoms with Crippen molar-refractivity contribution in [3.05, 3.63) is 130 Å². The van der Waals surface area contributed by atoms with Crippen molar-refractivity contribution >= 4 is 43.7 Å². The lowest BCUT2D eigenvalue weighted by Crippen LogP contribution is -2.01. The number of aryl methyl sites for hydroxylation is 2. The maximum Gasteiger partial charge on any atom is 0.0434 e. The lowest BCUT2D eigenvalue weighted by atomic mass is 9.87. The molecule has 0 saturated carbocycles. The van der Waals surface area contributed by atoms with E-state index in [9.17, 15) is 0 Å². The topological polar surface area (TPSA) is 0 Å². The van der Waals surface area contributed by atoms with Crippen molar-refractivity contribution in [2.75, 3.05) is 0 Å². The summed E-state index contributed by atoms with van der Waals surface area (Å²) in [5.74, 6) is 0.230. The van der Waals surface area contributed by atoms with E-state index in [4.69, 9.17) is 0 Å². The number of unbranched alkanes of at least 4 members (excludes halogenated alkanes) is 6. The Bertz CT molecular complexity index is 1760. The zero-order valence-electron chi connectivity index (χ0n) is 25.4. The fraction of sp³-hybridized carbons (Fsp3) is 0.317. The maximum absolute atomic E-state index is 2.43. The van der Waals surface area contributed by atoms with Crippen molar-refractivity contribution in [1.82, 2.24) is 0 Å². The molecule has 5 aromatic carbocycles. The van der Waals surface area contributed by atoms with Crippen LogP contribution in [-0.4, -0.2) is 0 Å². The normalized spacial score (nSPS) is 12.4. The molecule has 0 bridgehead atoms. The first-order chi connectivity index (χ1) is 20.7. The summed E-state index contributed by atoms with van der Waals surface area (Å²) in [6, 6.07) is 37.7. The number of fused-ring (bicyclic) bond motifs is 3. The fourth-order valence-corrected chi connectivity index (χ4v) is 7.42. The van der Waals surface area contributed by atoms with Gasteiger partial charge in [-0.2, -0.15) is 0 Å². The number of thiophene rings is 1. The molecule has 1 atom stereocenters. The molecule has 214 valence electrons. The summed E-state index contributed by atoms with van der Waals surface area (Å²) in [5, 5.41) is 10.2. The van der Waals surface area contributed by atoms with Gasteiger partial charge < -0.3 is 0 Å². The summed E-state index contributed by atoms with van der Waals surface area (Å²) in [5.41, 5.74) is 5.66. The molecular formula is C41H44S. The van der Waals surface area contributed by atoms with Gasteiger partial charge in [-0.25, -0.2) is 0 Å². The van der Waals surface area contributed by atoms with Crippen LogP contribution in [0.2, 0.25) is 0 Å². The van der Waals surface area contributed by atoms with Crippen molar-refractivity contribution in [1.29, 1.82) is 0 Å². The van der Waals surface area contributed by atoms with Crippen molar-refractivity contribution in [3.63, 3.8) is 0 Å². The molecule has 0 amide bonds. The molecule has 0 aliphatic rings. The Hall–Kier alpha value is -3.42. The van der Waals surface area contributed by atoms with Crippen LogP contribution in [0.1, 0.15) is 98.3 Å². The van der Waals surface area contributed by atoms with Crippen molar-refractivity contribution in [2.24, 2.45) is 0 Å². The Kier molecular flexibility index (Phi) is 9.36. The molecular weight excluding hydrogens is 525 g/mol. The highest BCUT2D eigenvalue weighted by Crippen LogP contribution is 2.38. The maximum atomic E-state index is 2.43. The van der Waals surface area contributed by atoms with Crippen molar-refractivity contribution < 1.29 is 0 Å². The minimum atomic E-state index is 0.230. The Balaban J connectivity index is 1.30. The van der Waals surface area contributed by atoms with Gasteiger partial charge >= 0.3 is 0 Å². The van der Waals surface area contributed by atoms with Crippen LogP contribution >= 0.6 is 11.3 Å². The summed E-state index contributed by atoms with van der Waals surface area (Å²) in [4.78, 5) is 1.40. The second-order valence-electron chi connectivity index (χ2n) is 12.2. The second kappa shape index (κ2) is 13.7. The van der Waals surface area contributed by atoms with Crippen LogP contribution in [-0.2, 0) is 12.8 Å². The SMILES string of the molecule is CCCCCCc1ccc2cc(C(c3ccc4cc5cc(CCCCCC)ccc5cc4c3)c3cccs3)ccc2c1. The number of benzene rings is 5. The summed E-state index contributed by atoms with van der Waals surface area (Å²) in [7, 11) is 0. The summed E-state index contributed by atoms with van der Waals surface area (Å²) >= 11 is 1.86. The van der Waals surface area contributed by atoms with Gasteiger partial charge in [-0.15, -0.1) is 11.3 Å². The molecule has 1 heterocycles. The van der Waals surface area contributed by atoms with Crippen LogP contribution in [0.25, 0.3) is 32.3 Å². The Morgan fingerprint density at radius 2 is 0.976 bits per heavy atom. The largest absolute Gasteiger partial charge is 0.148 e. The molecule has 0 aliphatic carbocycles. The molecule has 6 aromatic rings. The highest BCUT2D eigenvalue weighted by molar-refractivity contribution is 7.10. The van der Waals surface area contributed by atoms with E-state index in [2.05, 4.69) is 116 Å². The molecule has 0 N–H and O–H groups in total. The van der Waals surface area contributed by atoms with Crippen molar-refractivity contribution in [2.45, 2.75) is 84.0 Å². The smallest absolute Gasteiger partial charge is 0.0434 e. The lowest BCUT2D eigenvalue weighted by Gasteiger charge is -2.19. The molecule has 1 heteroatoms. The molecule has 6 rings (SSSR count). The van der Waals surface area contributed by atoms with E-state index in [-0.39, 0.29) is 5.92 Å². The van der Waals surface area contributed by atoms with E-state index in [1.54, 1.807) is 0 Å². The Labute approximate surface area is 256 Å². The average Bonchev–Trinajstić information content (AvgIpc) is 3.55. The molecule has 0 spiro atoms. The molecule has 0 nitrogen and oxygen atoms in total. The average molecular weight is 569 g/mol. The van der Waals surface area contributed by atoms with Gasteiger partial charge in [-0.05, 0) is 104 Å². The quantitative estimate of drug-likeness (QED) is 0.0960. The molecule has 1 unspecified atom stereocenters. The fourth-order valence-electron chi connectivity index (χ4n) is 6.54. The van der Waals surface area contributed by atoms with Gasteiger partial charge in [-0.1, -0.05) is 131 Å². The van der Waals surface area contributed by atoms with Crippen LogP contribution < -0.4 is 0 Å². The number of hydrogen-bond acceptors (Lipinski definition) is 1. The third kappa shape index (κ3) is 6.63. The zero-order chi connectivity index (χ0) is 28.7. The molecule has 0 aliphatic heterocycles. The summed E-state index contributed by atoms with van der Waals surface area (Å²) in [6.45, 7) is 4.56. The first kappa shape index (κ1) is 28.7. The monoisotopic (exact) mass is 568 g/mol. The van der Waals surface area contributed by atoms with Crippen LogP contribution in [0.4, 0.5) is 0 Å². The minimum absolute atomic E-state index is 0.230. The van der Waals surface area contributed by atoms with Crippen LogP contribution in [0.3, 0.4) is 0 Å². The van der Waals surface area contributed by atoms with E-state index in [0.717, 1.165) is 0 Å². The van der Waals surface area contributed by atoms with Crippen molar-refractivity contribution in [3.8, 4) is 0 Å². The second-order valence-corrected chi connectivity index (χ2v) is 13.1. The predicted octanol–water partition coefficient (Wildman–Crippen LogP) is 12.6. The van der Waals surface area contributed by atoms with Crippen LogP contribution in [0, 0.1) is 0 Å². The first-order valence-corrected chi connectivity index (χ1v) is 17.1. The lowest BCUT2D eigenvalue weighted by molar-refractivity contribution is 0.667. The van der Waals surface area contributed by atoms with Crippen LogP contribution in [0.5, 0.6) is 0 Å². The van der Waals surface area contributed by atoms with Gasteiger partial charge in [0.2, 0.25) is 0 Å². The van der Waals surface area contributed by atoms with E-state index in [1.165, 1.54) is 124 Å². The minimum Gasteiger partial charge on any atom is -0.148 e. The van der Waals surface area contributed by atoms with E-state index < -0.39 is 0 Å². The highest BCUT2D eigenvalue weighted by Gasteiger charge is 2.19. The molecule has 1 aromatic heterocycles. The standard InChI is InChI=1S/C41H44S/c1-3-5-7-9-12-30-15-17-33-26-36(21-19-32(33)24-30)41(40-14-11-23-42-40)37-22-20-35-27-38-25-31(13-10-8-6-4-2)16-18-34(38)28-39(35)29-37/h11,14-29,41H,3-10,12-13H2,1-2H3. The van der Waals surface area contributed by atoms with Crippen LogP contribution in [0.15, 0.2) is 102 Å². The molecule has 42 heavy (non-hydrogen) atoms. The van der Waals surface area contributed by atoms with Gasteiger partial charge in [0.1, 0.15) is 0 Å². The van der Waals surface area contributed by atoms with E-state index >= 15 is 0 Å². The molecule has 0 saturated heterocycles. The molecule has 0 radical (unpaired) electrons. The number of rotatable bonds is 13. The zero-order valence-corrected chi connectivity index (χ0v) is 26.2. The third-order valence-corrected chi connectivity index (χ3v) is 9.88. The van der Waals surface area contributed by atoms with E-state index in [1.807, 2.05) is 11.3 Å². The first-order valence-electron chi connectivity index (χ1n) is 16.2. The Morgan fingerprint density at radius 1 is 0.476 bits per heavy atom. The van der Waals surface area contributed by atoms with Gasteiger partial charge in [-0.3, -0.25) is 0 Å². The third-order valence-electron chi connectivity index (χ3n) is 8.95.